The number of rotatable bonds is 4. The second-order valence-electron chi connectivity index (χ2n) is 5.67. The van der Waals surface area contributed by atoms with Crippen LogP contribution in [0, 0.1) is 11.3 Å². The van der Waals surface area contributed by atoms with Crippen molar-refractivity contribution >= 4 is 5.97 Å². The highest BCUT2D eigenvalue weighted by atomic mass is 16.5. The Balaban J connectivity index is 2.93. The lowest BCUT2D eigenvalue weighted by Gasteiger charge is -2.32. The van der Waals surface area contributed by atoms with Crippen molar-refractivity contribution in [3.63, 3.8) is 0 Å². The van der Waals surface area contributed by atoms with E-state index in [1.807, 2.05) is 13.8 Å². The summed E-state index contributed by atoms with van der Waals surface area (Å²) < 4.78 is 5.24. The van der Waals surface area contributed by atoms with Crippen LogP contribution in [0.3, 0.4) is 0 Å². The van der Waals surface area contributed by atoms with Crippen molar-refractivity contribution in [2.75, 3.05) is 13.2 Å². The molecule has 1 rings (SSSR count). The molecule has 0 radical (unpaired) electrons. The first kappa shape index (κ1) is 13.5. The fraction of sp³-hybridized carbons (Fsp3) is 0.923. The molecule has 94 valence electrons. The molecule has 2 atom stereocenters. The number of nitrogens with one attached hydrogen (secondary N) is 1. The van der Waals surface area contributed by atoms with Gasteiger partial charge < -0.3 is 10.1 Å². The molecule has 0 aromatic rings. The number of carbonyl (C=O) groups is 1. The van der Waals surface area contributed by atoms with Crippen molar-refractivity contribution in [3.8, 4) is 0 Å². The summed E-state index contributed by atoms with van der Waals surface area (Å²) in [5.74, 6) is 0.261. The summed E-state index contributed by atoms with van der Waals surface area (Å²) in [6.07, 6.45) is 1.94. The average Bonchev–Trinajstić information content (AvgIpc) is 2.38. The lowest BCUT2D eigenvalue weighted by Crippen LogP contribution is -2.55. The van der Waals surface area contributed by atoms with Crippen molar-refractivity contribution in [1.29, 1.82) is 0 Å². The molecule has 1 aliphatic carbocycles. The molecule has 3 heteroatoms. The van der Waals surface area contributed by atoms with E-state index >= 15 is 0 Å². The number of likely N-dealkylation sites (N-methyl/N-ethyl adjacent to an activating group) is 1. The summed E-state index contributed by atoms with van der Waals surface area (Å²) in [4.78, 5) is 12.2. The van der Waals surface area contributed by atoms with Crippen molar-refractivity contribution in [3.05, 3.63) is 0 Å². The van der Waals surface area contributed by atoms with Gasteiger partial charge >= 0.3 is 5.97 Å². The molecule has 0 amide bonds. The summed E-state index contributed by atoms with van der Waals surface area (Å²) in [6, 6.07) is 0. The molecule has 1 N–H and O–H groups in total. The van der Waals surface area contributed by atoms with Gasteiger partial charge in [-0.3, -0.25) is 4.79 Å². The summed E-state index contributed by atoms with van der Waals surface area (Å²) >= 11 is 0. The van der Waals surface area contributed by atoms with E-state index in [4.69, 9.17) is 4.74 Å². The zero-order valence-electron chi connectivity index (χ0n) is 11.2. The second kappa shape index (κ2) is 4.74. The Bertz CT molecular complexity index is 263. The van der Waals surface area contributed by atoms with Gasteiger partial charge in [-0.15, -0.1) is 0 Å². The third-order valence-corrected chi connectivity index (χ3v) is 3.59. The van der Waals surface area contributed by atoms with Crippen LogP contribution in [0.1, 0.15) is 47.5 Å². The van der Waals surface area contributed by atoms with Crippen molar-refractivity contribution < 1.29 is 9.53 Å². The van der Waals surface area contributed by atoms with Gasteiger partial charge in [0.05, 0.1) is 6.61 Å². The van der Waals surface area contributed by atoms with E-state index in [1.54, 1.807) is 0 Å². The van der Waals surface area contributed by atoms with E-state index in [-0.39, 0.29) is 11.4 Å². The molecule has 0 spiro atoms. The lowest BCUT2D eigenvalue weighted by atomic mass is 9.86. The van der Waals surface area contributed by atoms with Crippen LogP contribution in [-0.4, -0.2) is 24.7 Å². The molecule has 3 nitrogen and oxygen atoms in total. The molecule has 2 unspecified atom stereocenters. The van der Waals surface area contributed by atoms with Gasteiger partial charge in [0, 0.05) is 0 Å². The van der Waals surface area contributed by atoms with Crippen LogP contribution in [0.25, 0.3) is 0 Å². The fourth-order valence-corrected chi connectivity index (χ4v) is 3.16. The summed E-state index contributed by atoms with van der Waals surface area (Å²) in [6.45, 7) is 11.8. The summed E-state index contributed by atoms with van der Waals surface area (Å²) in [5, 5.41) is 3.37. The maximum absolute atomic E-state index is 12.2. The largest absolute Gasteiger partial charge is 0.465 e. The Morgan fingerprint density at radius 3 is 2.44 bits per heavy atom. The van der Waals surface area contributed by atoms with E-state index in [0.29, 0.717) is 12.5 Å². The minimum atomic E-state index is -0.464. The number of hydrogen-bond donors (Lipinski definition) is 1. The van der Waals surface area contributed by atoms with Crippen LogP contribution in [0.5, 0.6) is 0 Å². The summed E-state index contributed by atoms with van der Waals surface area (Å²) in [5.41, 5.74) is -0.247. The van der Waals surface area contributed by atoms with E-state index in [2.05, 4.69) is 26.1 Å². The van der Waals surface area contributed by atoms with Crippen molar-refractivity contribution in [2.24, 2.45) is 11.3 Å². The predicted octanol–water partition coefficient (Wildman–Crippen LogP) is 2.35. The van der Waals surface area contributed by atoms with Gasteiger partial charge in [-0.25, -0.2) is 0 Å². The maximum Gasteiger partial charge on any atom is 0.326 e. The van der Waals surface area contributed by atoms with Gasteiger partial charge in [0.1, 0.15) is 5.54 Å². The number of ether oxygens (including phenoxy) is 1. The molecule has 0 aliphatic heterocycles. The Kier molecular flexibility index (Phi) is 4.00. The Morgan fingerprint density at radius 2 is 2.06 bits per heavy atom. The highest BCUT2D eigenvalue weighted by Crippen LogP contribution is 2.47. The van der Waals surface area contributed by atoms with Gasteiger partial charge in [0.15, 0.2) is 0 Å². The molecule has 0 aromatic carbocycles. The smallest absolute Gasteiger partial charge is 0.326 e. The normalized spacial score (nSPS) is 32.7. The first-order valence-electron chi connectivity index (χ1n) is 6.30. The van der Waals surface area contributed by atoms with Crippen LogP contribution < -0.4 is 5.32 Å². The quantitative estimate of drug-likeness (QED) is 0.749. The van der Waals surface area contributed by atoms with E-state index in [0.717, 1.165) is 19.4 Å². The Morgan fingerprint density at radius 1 is 1.44 bits per heavy atom. The highest BCUT2D eigenvalue weighted by Gasteiger charge is 2.53. The minimum absolute atomic E-state index is 0.0741. The molecule has 0 bridgehead atoms. The zero-order chi connectivity index (χ0) is 12.4. The molecule has 0 heterocycles. The maximum atomic E-state index is 12.2. The van der Waals surface area contributed by atoms with Crippen LogP contribution in [0.15, 0.2) is 0 Å². The lowest BCUT2D eigenvalue weighted by molar-refractivity contribution is -0.153. The van der Waals surface area contributed by atoms with Gasteiger partial charge in [-0.2, -0.15) is 0 Å². The van der Waals surface area contributed by atoms with Crippen LogP contribution in [-0.2, 0) is 9.53 Å². The molecule has 1 aliphatic rings. The topological polar surface area (TPSA) is 38.3 Å². The third-order valence-electron chi connectivity index (χ3n) is 3.59. The summed E-state index contributed by atoms with van der Waals surface area (Å²) in [7, 11) is 0. The van der Waals surface area contributed by atoms with Crippen molar-refractivity contribution in [1.82, 2.24) is 5.32 Å². The molecule has 0 aromatic heterocycles. The number of esters is 1. The van der Waals surface area contributed by atoms with E-state index in [1.165, 1.54) is 0 Å². The number of carbonyl (C=O) groups excluding carboxylic acids is 1. The number of hydrogen-bond acceptors (Lipinski definition) is 3. The molecule has 1 fully saturated rings. The molecule has 1 saturated carbocycles. The van der Waals surface area contributed by atoms with Crippen LogP contribution in [0.4, 0.5) is 0 Å². The van der Waals surface area contributed by atoms with E-state index < -0.39 is 5.54 Å². The van der Waals surface area contributed by atoms with E-state index in [9.17, 15) is 4.79 Å². The Labute approximate surface area is 98.9 Å². The van der Waals surface area contributed by atoms with Crippen LogP contribution in [0.2, 0.25) is 0 Å². The van der Waals surface area contributed by atoms with Gasteiger partial charge in [-0.05, 0) is 37.6 Å². The first-order chi connectivity index (χ1) is 7.38. The molecular weight excluding hydrogens is 202 g/mol. The molecular formula is C13H25NO2. The zero-order valence-corrected chi connectivity index (χ0v) is 11.2. The van der Waals surface area contributed by atoms with Gasteiger partial charge in [0.25, 0.3) is 0 Å². The predicted molar refractivity (Wildman–Crippen MR) is 65.2 cm³/mol. The fourth-order valence-electron chi connectivity index (χ4n) is 3.16. The SMILES string of the molecule is CCNC1(C(=O)OCC)CC(C)(C)CC1C. The Hall–Kier alpha value is -0.570. The standard InChI is InChI=1S/C13H25NO2/c1-6-14-13(11(15)16-7-2)9-12(4,5)8-10(13)3/h10,14H,6-9H2,1-5H3. The minimum Gasteiger partial charge on any atom is -0.465 e. The van der Waals surface area contributed by atoms with Crippen LogP contribution >= 0.6 is 0 Å². The highest BCUT2D eigenvalue weighted by molar-refractivity contribution is 5.82. The third kappa shape index (κ3) is 2.40. The van der Waals surface area contributed by atoms with Gasteiger partial charge in [-0.1, -0.05) is 27.7 Å². The first-order valence-corrected chi connectivity index (χ1v) is 6.30. The second-order valence-corrected chi connectivity index (χ2v) is 5.67. The van der Waals surface area contributed by atoms with Crippen molar-refractivity contribution in [2.45, 2.75) is 53.0 Å². The van der Waals surface area contributed by atoms with Gasteiger partial charge in [0.2, 0.25) is 0 Å². The molecule has 0 saturated heterocycles. The monoisotopic (exact) mass is 227 g/mol. The molecule has 16 heavy (non-hydrogen) atoms. The average molecular weight is 227 g/mol.